The SMILES string of the molecule is CCN(CC)S(=O)(=O)c1cccc(C(=O)Nc2ccn(C)n2)c1. The molecule has 2 aromatic rings. The van der Waals surface area contributed by atoms with Crippen molar-refractivity contribution < 1.29 is 13.2 Å². The summed E-state index contributed by atoms with van der Waals surface area (Å²) in [5, 5.41) is 6.70. The fraction of sp³-hybridized carbons (Fsp3) is 0.333. The molecule has 1 aromatic heterocycles. The number of amides is 1. The van der Waals surface area contributed by atoms with Crippen LogP contribution < -0.4 is 5.32 Å². The molecule has 0 aliphatic rings. The number of nitrogens with one attached hydrogen (secondary N) is 1. The van der Waals surface area contributed by atoms with Crippen molar-refractivity contribution in [3.63, 3.8) is 0 Å². The molecule has 0 spiro atoms. The number of aromatic nitrogens is 2. The van der Waals surface area contributed by atoms with Gasteiger partial charge >= 0.3 is 0 Å². The van der Waals surface area contributed by atoms with Crippen LogP contribution in [0.5, 0.6) is 0 Å². The summed E-state index contributed by atoms with van der Waals surface area (Å²) < 4.78 is 27.9. The van der Waals surface area contributed by atoms with Crippen molar-refractivity contribution >= 4 is 21.7 Å². The Bertz CT molecular complexity index is 795. The van der Waals surface area contributed by atoms with Gasteiger partial charge in [-0.2, -0.15) is 9.40 Å². The molecule has 1 aromatic carbocycles. The molecule has 0 aliphatic carbocycles. The molecular weight excluding hydrogens is 316 g/mol. The van der Waals surface area contributed by atoms with Crippen molar-refractivity contribution in [3.05, 3.63) is 42.1 Å². The van der Waals surface area contributed by atoms with Crippen LogP contribution in [-0.4, -0.2) is 41.5 Å². The molecule has 1 amide bonds. The van der Waals surface area contributed by atoms with E-state index in [1.54, 1.807) is 50.0 Å². The minimum atomic E-state index is -3.59. The van der Waals surface area contributed by atoms with Gasteiger partial charge in [0, 0.05) is 38.0 Å². The second-order valence-corrected chi connectivity index (χ2v) is 6.88. The molecule has 0 aliphatic heterocycles. The number of carbonyl (C=O) groups excluding carboxylic acids is 1. The summed E-state index contributed by atoms with van der Waals surface area (Å²) in [4.78, 5) is 12.3. The van der Waals surface area contributed by atoms with Crippen molar-refractivity contribution in [2.75, 3.05) is 18.4 Å². The van der Waals surface area contributed by atoms with E-state index in [0.717, 1.165) is 0 Å². The van der Waals surface area contributed by atoms with Crippen LogP contribution >= 0.6 is 0 Å². The number of aryl methyl sites for hydroxylation is 1. The highest BCUT2D eigenvalue weighted by Crippen LogP contribution is 2.17. The van der Waals surface area contributed by atoms with Crippen LogP contribution in [0.15, 0.2) is 41.4 Å². The molecule has 0 saturated carbocycles. The first-order valence-corrected chi connectivity index (χ1v) is 8.73. The van der Waals surface area contributed by atoms with Crippen molar-refractivity contribution in [1.29, 1.82) is 0 Å². The standard InChI is InChI=1S/C15H20N4O3S/c1-4-19(5-2)23(21,22)13-8-6-7-12(11-13)15(20)16-14-9-10-18(3)17-14/h6-11H,4-5H2,1-3H3,(H,16,17,20). The third-order valence-electron chi connectivity index (χ3n) is 3.39. The molecule has 1 heterocycles. The Hall–Kier alpha value is -2.19. The Morgan fingerprint density at radius 3 is 2.52 bits per heavy atom. The van der Waals surface area contributed by atoms with E-state index >= 15 is 0 Å². The molecule has 0 unspecified atom stereocenters. The van der Waals surface area contributed by atoms with Crippen LogP contribution in [0.2, 0.25) is 0 Å². The zero-order valence-electron chi connectivity index (χ0n) is 13.4. The van der Waals surface area contributed by atoms with E-state index in [0.29, 0.717) is 18.9 Å². The molecule has 2 rings (SSSR count). The highest BCUT2D eigenvalue weighted by molar-refractivity contribution is 7.89. The van der Waals surface area contributed by atoms with Crippen molar-refractivity contribution in [2.45, 2.75) is 18.7 Å². The van der Waals surface area contributed by atoms with Crippen LogP contribution in [0, 0.1) is 0 Å². The summed E-state index contributed by atoms with van der Waals surface area (Å²) in [5.74, 6) is 0.00907. The number of benzene rings is 1. The number of sulfonamides is 1. The molecule has 0 radical (unpaired) electrons. The van der Waals surface area contributed by atoms with Gasteiger partial charge in [0.2, 0.25) is 10.0 Å². The molecular formula is C15H20N4O3S. The number of nitrogens with zero attached hydrogens (tertiary/aromatic N) is 3. The van der Waals surface area contributed by atoms with Gasteiger partial charge in [0.05, 0.1) is 4.90 Å². The first-order chi connectivity index (χ1) is 10.9. The van der Waals surface area contributed by atoms with Crippen LogP contribution in [0.25, 0.3) is 0 Å². The lowest BCUT2D eigenvalue weighted by molar-refractivity contribution is 0.102. The zero-order chi connectivity index (χ0) is 17.0. The van der Waals surface area contributed by atoms with Crippen LogP contribution in [0.3, 0.4) is 0 Å². The average Bonchev–Trinajstić information content (AvgIpc) is 2.93. The predicted octanol–water partition coefficient (Wildman–Crippen LogP) is 1.70. The topological polar surface area (TPSA) is 84.3 Å². The van der Waals surface area contributed by atoms with Crippen molar-refractivity contribution in [3.8, 4) is 0 Å². The van der Waals surface area contributed by atoms with Gasteiger partial charge in [-0.05, 0) is 18.2 Å². The molecule has 7 nitrogen and oxygen atoms in total. The smallest absolute Gasteiger partial charge is 0.256 e. The summed E-state index contributed by atoms with van der Waals surface area (Å²) in [7, 11) is -1.85. The van der Waals surface area contributed by atoms with Gasteiger partial charge in [0.15, 0.2) is 5.82 Å². The van der Waals surface area contributed by atoms with Crippen LogP contribution in [-0.2, 0) is 17.1 Å². The van der Waals surface area contributed by atoms with Crippen molar-refractivity contribution in [2.24, 2.45) is 7.05 Å². The fourth-order valence-corrected chi connectivity index (χ4v) is 3.69. The molecule has 23 heavy (non-hydrogen) atoms. The fourth-order valence-electron chi connectivity index (χ4n) is 2.18. The lowest BCUT2D eigenvalue weighted by Gasteiger charge is -2.18. The van der Waals surface area contributed by atoms with Gasteiger partial charge in [-0.1, -0.05) is 19.9 Å². The first-order valence-electron chi connectivity index (χ1n) is 7.29. The zero-order valence-corrected chi connectivity index (χ0v) is 14.2. The Kier molecular flexibility index (Phi) is 5.17. The van der Waals surface area contributed by atoms with E-state index in [9.17, 15) is 13.2 Å². The lowest BCUT2D eigenvalue weighted by Crippen LogP contribution is -2.30. The van der Waals surface area contributed by atoms with E-state index in [2.05, 4.69) is 10.4 Å². The molecule has 124 valence electrons. The second kappa shape index (κ2) is 6.93. The highest BCUT2D eigenvalue weighted by atomic mass is 32.2. The summed E-state index contributed by atoms with van der Waals surface area (Å²) >= 11 is 0. The quantitative estimate of drug-likeness (QED) is 0.870. The molecule has 0 fully saturated rings. The van der Waals surface area contributed by atoms with Gasteiger partial charge in [-0.25, -0.2) is 8.42 Å². The van der Waals surface area contributed by atoms with Gasteiger partial charge < -0.3 is 5.32 Å². The molecule has 0 atom stereocenters. The monoisotopic (exact) mass is 336 g/mol. The third kappa shape index (κ3) is 3.77. The number of rotatable bonds is 6. The van der Waals surface area contributed by atoms with E-state index in [1.807, 2.05) is 0 Å². The van der Waals surface area contributed by atoms with Gasteiger partial charge in [0.1, 0.15) is 0 Å². The summed E-state index contributed by atoms with van der Waals surface area (Å²) in [6, 6.07) is 7.66. The minimum absolute atomic E-state index is 0.106. The highest BCUT2D eigenvalue weighted by Gasteiger charge is 2.22. The first kappa shape index (κ1) is 17.2. The van der Waals surface area contributed by atoms with Crippen LogP contribution in [0.4, 0.5) is 5.82 Å². The van der Waals surface area contributed by atoms with Gasteiger partial charge in [-0.3, -0.25) is 9.48 Å². The Labute approximate surface area is 136 Å². The lowest BCUT2D eigenvalue weighted by atomic mass is 10.2. The summed E-state index contributed by atoms with van der Waals surface area (Å²) in [5.41, 5.74) is 0.267. The predicted molar refractivity (Wildman–Crippen MR) is 87.7 cm³/mol. The summed E-state index contributed by atoms with van der Waals surface area (Å²) in [6.07, 6.45) is 1.71. The van der Waals surface area contributed by atoms with Crippen LogP contribution in [0.1, 0.15) is 24.2 Å². The average molecular weight is 336 g/mol. The maximum absolute atomic E-state index is 12.5. The number of hydrogen-bond acceptors (Lipinski definition) is 4. The van der Waals surface area contributed by atoms with E-state index in [4.69, 9.17) is 0 Å². The van der Waals surface area contributed by atoms with Crippen molar-refractivity contribution in [1.82, 2.24) is 14.1 Å². The third-order valence-corrected chi connectivity index (χ3v) is 5.44. The largest absolute Gasteiger partial charge is 0.305 e. The molecule has 1 N–H and O–H groups in total. The number of carbonyl (C=O) groups is 1. The van der Waals surface area contributed by atoms with Gasteiger partial charge in [0.25, 0.3) is 5.91 Å². The number of anilines is 1. The Balaban J connectivity index is 2.27. The van der Waals surface area contributed by atoms with E-state index in [-0.39, 0.29) is 10.5 Å². The second-order valence-electron chi connectivity index (χ2n) is 4.95. The Morgan fingerprint density at radius 1 is 1.26 bits per heavy atom. The Morgan fingerprint density at radius 2 is 1.96 bits per heavy atom. The maximum atomic E-state index is 12.5. The normalized spacial score (nSPS) is 11.7. The molecule has 8 heteroatoms. The molecule has 0 saturated heterocycles. The van der Waals surface area contributed by atoms with E-state index in [1.165, 1.54) is 16.4 Å². The minimum Gasteiger partial charge on any atom is -0.305 e. The summed E-state index contributed by atoms with van der Waals surface area (Å²) in [6.45, 7) is 4.31. The maximum Gasteiger partial charge on any atom is 0.256 e. The van der Waals surface area contributed by atoms with Gasteiger partial charge in [-0.15, -0.1) is 0 Å². The molecule has 0 bridgehead atoms. The number of hydrogen-bond donors (Lipinski definition) is 1. The van der Waals surface area contributed by atoms with E-state index < -0.39 is 15.9 Å².